The molecule has 1 aromatic heterocycles. The van der Waals surface area contributed by atoms with Crippen LogP contribution in [0, 0.1) is 18.7 Å². The molecule has 0 bridgehead atoms. The Hall–Kier alpha value is -1.50. The fraction of sp³-hybridized carbons (Fsp3) is 0.286. The maximum absolute atomic E-state index is 12.9. The van der Waals surface area contributed by atoms with E-state index in [1.54, 1.807) is 19.1 Å². The van der Waals surface area contributed by atoms with Crippen molar-refractivity contribution < 1.29 is 9.18 Å². The van der Waals surface area contributed by atoms with E-state index < -0.39 is 0 Å². The molecule has 0 aliphatic heterocycles. The summed E-state index contributed by atoms with van der Waals surface area (Å²) in [5.74, 6) is -0.688. The van der Waals surface area contributed by atoms with Crippen LogP contribution in [0.3, 0.4) is 0 Å². The third-order valence-electron chi connectivity index (χ3n) is 2.95. The van der Waals surface area contributed by atoms with Gasteiger partial charge in [-0.15, -0.1) is 23.7 Å². The zero-order valence-corrected chi connectivity index (χ0v) is 13.4. The summed E-state index contributed by atoms with van der Waals surface area (Å²) in [4.78, 5) is 17.1. The van der Waals surface area contributed by atoms with Crippen molar-refractivity contribution in [2.24, 2.45) is 11.7 Å². The van der Waals surface area contributed by atoms with Gasteiger partial charge in [0.25, 0.3) is 0 Å². The smallest absolute Gasteiger partial charge is 0.230 e. The van der Waals surface area contributed by atoms with Gasteiger partial charge in [0.1, 0.15) is 5.82 Å². The molecule has 1 atom stereocenters. The zero-order valence-electron chi connectivity index (χ0n) is 11.7. The predicted octanol–water partition coefficient (Wildman–Crippen LogP) is 3.21. The van der Waals surface area contributed by atoms with E-state index in [9.17, 15) is 9.18 Å². The Morgan fingerprint density at radius 1 is 1.43 bits per heavy atom. The summed E-state index contributed by atoms with van der Waals surface area (Å²) >= 11 is 1.39. The van der Waals surface area contributed by atoms with E-state index in [-0.39, 0.29) is 30.0 Å². The number of carbonyl (C=O) groups excluding carboxylic acids is 1. The zero-order chi connectivity index (χ0) is 14.7. The Morgan fingerprint density at radius 3 is 2.62 bits per heavy atom. The number of nitrogens with two attached hydrogens (primary N) is 1. The van der Waals surface area contributed by atoms with Gasteiger partial charge in [0.2, 0.25) is 5.91 Å². The maximum Gasteiger partial charge on any atom is 0.230 e. The summed E-state index contributed by atoms with van der Waals surface area (Å²) in [6, 6.07) is 6.13. The molecule has 114 valence electrons. The predicted molar refractivity (Wildman–Crippen MR) is 86.3 cm³/mol. The van der Waals surface area contributed by atoms with Crippen molar-refractivity contribution in [2.45, 2.75) is 13.8 Å². The lowest BCUT2D eigenvalue weighted by Crippen LogP contribution is -2.26. The van der Waals surface area contributed by atoms with E-state index in [0.29, 0.717) is 11.7 Å². The highest BCUT2D eigenvalue weighted by molar-refractivity contribution is 7.16. The van der Waals surface area contributed by atoms with Crippen molar-refractivity contribution in [1.29, 1.82) is 0 Å². The first kappa shape index (κ1) is 17.6. The summed E-state index contributed by atoms with van der Waals surface area (Å²) < 4.78 is 12.9. The van der Waals surface area contributed by atoms with E-state index >= 15 is 0 Å². The Morgan fingerprint density at radius 2 is 2.05 bits per heavy atom. The van der Waals surface area contributed by atoms with Crippen molar-refractivity contribution in [3.63, 3.8) is 0 Å². The van der Waals surface area contributed by atoms with E-state index in [1.807, 2.05) is 6.92 Å². The average Bonchev–Trinajstić information content (AvgIpc) is 2.79. The monoisotopic (exact) mass is 329 g/mol. The molecule has 1 amide bonds. The second-order valence-corrected chi connectivity index (χ2v) is 5.76. The normalized spacial score (nSPS) is 11.6. The van der Waals surface area contributed by atoms with Crippen molar-refractivity contribution in [3.8, 4) is 11.3 Å². The van der Waals surface area contributed by atoms with E-state index in [1.165, 1.54) is 23.5 Å². The Bertz CT molecular complexity index is 615. The summed E-state index contributed by atoms with van der Waals surface area (Å²) in [5, 5.41) is 3.28. The van der Waals surface area contributed by atoms with Crippen molar-refractivity contribution in [3.05, 3.63) is 35.0 Å². The molecule has 0 aliphatic rings. The largest absolute Gasteiger partial charge is 0.330 e. The average molecular weight is 330 g/mol. The van der Waals surface area contributed by atoms with Crippen LogP contribution in [0.5, 0.6) is 0 Å². The molecular weight excluding hydrogens is 313 g/mol. The first-order valence-corrected chi connectivity index (χ1v) is 7.07. The number of aryl methyl sites for hydroxylation is 1. The fourth-order valence-corrected chi connectivity index (χ4v) is 2.50. The SMILES string of the molecule is Cc1sc(NC(=O)C(C)CN)nc1-c1ccc(F)cc1.Cl. The second-order valence-electron chi connectivity index (χ2n) is 4.56. The number of amides is 1. The Labute approximate surface area is 133 Å². The molecule has 1 aromatic carbocycles. The standard InChI is InChI=1S/C14H16FN3OS.ClH/c1-8(7-16)13(19)18-14-17-12(9(2)20-14)10-3-5-11(15)6-4-10;/h3-6,8H,7,16H2,1-2H3,(H,17,18,19);1H. The highest BCUT2D eigenvalue weighted by Gasteiger charge is 2.15. The molecule has 1 unspecified atom stereocenters. The van der Waals surface area contributed by atoms with Gasteiger partial charge in [-0.3, -0.25) is 4.79 Å². The van der Waals surface area contributed by atoms with Crippen molar-refractivity contribution >= 4 is 34.8 Å². The lowest BCUT2D eigenvalue weighted by Gasteiger charge is -2.06. The quantitative estimate of drug-likeness (QED) is 0.905. The molecule has 0 spiro atoms. The molecule has 1 heterocycles. The molecule has 0 fully saturated rings. The van der Waals surface area contributed by atoms with Crippen LogP contribution in [0.2, 0.25) is 0 Å². The molecular formula is C14H17ClFN3OS. The minimum absolute atomic E-state index is 0. The van der Waals surface area contributed by atoms with Crippen LogP contribution in [-0.2, 0) is 4.79 Å². The third kappa shape index (κ3) is 4.23. The molecule has 4 nitrogen and oxygen atoms in total. The van der Waals surface area contributed by atoms with Gasteiger partial charge in [-0.25, -0.2) is 9.37 Å². The molecule has 0 saturated heterocycles. The van der Waals surface area contributed by atoms with Gasteiger partial charge in [0.05, 0.1) is 5.69 Å². The highest BCUT2D eigenvalue weighted by atomic mass is 35.5. The number of nitrogens with zero attached hydrogens (tertiary/aromatic N) is 1. The van der Waals surface area contributed by atoms with E-state index in [2.05, 4.69) is 10.3 Å². The highest BCUT2D eigenvalue weighted by Crippen LogP contribution is 2.30. The van der Waals surface area contributed by atoms with Gasteiger partial charge < -0.3 is 11.1 Å². The number of benzene rings is 1. The molecule has 0 saturated carbocycles. The number of aromatic nitrogens is 1. The molecule has 21 heavy (non-hydrogen) atoms. The maximum atomic E-state index is 12.9. The summed E-state index contributed by atoms with van der Waals surface area (Å²) in [5.41, 5.74) is 7.04. The second kappa shape index (κ2) is 7.49. The summed E-state index contributed by atoms with van der Waals surface area (Å²) in [6.45, 7) is 3.97. The van der Waals surface area contributed by atoms with Crippen LogP contribution in [-0.4, -0.2) is 17.4 Å². The number of nitrogens with one attached hydrogen (secondary N) is 1. The molecule has 0 aliphatic carbocycles. The molecule has 0 radical (unpaired) electrons. The number of hydrogen-bond donors (Lipinski definition) is 2. The van der Waals surface area contributed by atoms with Crippen LogP contribution in [0.25, 0.3) is 11.3 Å². The minimum atomic E-state index is -0.285. The van der Waals surface area contributed by atoms with Crippen molar-refractivity contribution in [1.82, 2.24) is 4.98 Å². The number of hydrogen-bond acceptors (Lipinski definition) is 4. The first-order valence-electron chi connectivity index (χ1n) is 6.25. The molecule has 2 aromatic rings. The van der Waals surface area contributed by atoms with Crippen molar-refractivity contribution in [2.75, 3.05) is 11.9 Å². The molecule has 2 rings (SSSR count). The van der Waals surface area contributed by atoms with Crippen LogP contribution >= 0.6 is 23.7 Å². The van der Waals surface area contributed by atoms with Crippen LogP contribution < -0.4 is 11.1 Å². The topological polar surface area (TPSA) is 68.0 Å². The lowest BCUT2D eigenvalue weighted by molar-refractivity contribution is -0.119. The van der Waals surface area contributed by atoms with Gasteiger partial charge in [0, 0.05) is 22.9 Å². The molecule has 7 heteroatoms. The Balaban J connectivity index is 0.00000220. The number of thiazole rings is 1. The lowest BCUT2D eigenvalue weighted by atomic mass is 10.1. The summed E-state index contributed by atoms with van der Waals surface area (Å²) in [6.07, 6.45) is 0. The van der Waals surface area contributed by atoms with E-state index in [4.69, 9.17) is 5.73 Å². The number of anilines is 1. The number of carbonyl (C=O) groups is 1. The number of halogens is 2. The van der Waals surface area contributed by atoms with Gasteiger partial charge in [-0.2, -0.15) is 0 Å². The summed E-state index contributed by atoms with van der Waals surface area (Å²) in [7, 11) is 0. The van der Waals surface area contributed by atoms with Crippen LogP contribution in [0.1, 0.15) is 11.8 Å². The van der Waals surface area contributed by atoms with Gasteiger partial charge in [-0.05, 0) is 31.2 Å². The first-order chi connectivity index (χ1) is 9.51. The fourth-order valence-electron chi connectivity index (χ4n) is 1.66. The Kier molecular flexibility index (Phi) is 6.26. The van der Waals surface area contributed by atoms with E-state index in [0.717, 1.165) is 16.1 Å². The minimum Gasteiger partial charge on any atom is -0.330 e. The molecule has 3 N–H and O–H groups in total. The van der Waals surface area contributed by atoms with Crippen LogP contribution in [0.15, 0.2) is 24.3 Å². The van der Waals surface area contributed by atoms with Gasteiger partial charge in [0.15, 0.2) is 5.13 Å². The van der Waals surface area contributed by atoms with Gasteiger partial charge in [-0.1, -0.05) is 6.92 Å². The number of rotatable bonds is 4. The van der Waals surface area contributed by atoms with Crippen LogP contribution in [0.4, 0.5) is 9.52 Å². The third-order valence-corrected chi connectivity index (χ3v) is 3.83. The van der Waals surface area contributed by atoms with Gasteiger partial charge >= 0.3 is 0 Å².